The van der Waals surface area contributed by atoms with Gasteiger partial charge >= 0.3 is 0 Å². The van der Waals surface area contributed by atoms with Crippen LogP contribution >= 0.6 is 0 Å². The van der Waals surface area contributed by atoms with Crippen molar-refractivity contribution in [2.24, 2.45) is 5.92 Å². The molecule has 0 unspecified atom stereocenters. The van der Waals surface area contributed by atoms with E-state index in [1.165, 1.54) is 0 Å². The lowest BCUT2D eigenvalue weighted by molar-refractivity contribution is -0.124. The Morgan fingerprint density at radius 2 is 1.88 bits per heavy atom. The highest BCUT2D eigenvalue weighted by Gasteiger charge is 2.25. The van der Waals surface area contributed by atoms with Gasteiger partial charge in [-0.15, -0.1) is 0 Å². The number of para-hydroxylation sites is 1. The van der Waals surface area contributed by atoms with Gasteiger partial charge < -0.3 is 15.1 Å². The first-order chi connectivity index (χ1) is 11.9. The van der Waals surface area contributed by atoms with Crippen molar-refractivity contribution in [2.75, 3.05) is 31.6 Å². The Labute approximate surface area is 151 Å². The summed E-state index contributed by atoms with van der Waals surface area (Å²) in [5, 5.41) is 3.12. The molecule has 0 radical (unpaired) electrons. The molecule has 2 amide bonds. The lowest BCUT2D eigenvalue weighted by Gasteiger charge is -2.35. The molecule has 0 atom stereocenters. The molecule has 0 aromatic heterocycles. The van der Waals surface area contributed by atoms with Crippen LogP contribution in [-0.4, -0.2) is 49.4 Å². The maximum atomic E-state index is 12.7. The third-order valence-corrected chi connectivity index (χ3v) is 4.75. The number of rotatable bonds is 6. The highest BCUT2D eigenvalue weighted by Crippen LogP contribution is 2.25. The number of amides is 2. The van der Waals surface area contributed by atoms with Gasteiger partial charge in [-0.3, -0.25) is 9.59 Å². The molecule has 25 heavy (non-hydrogen) atoms. The van der Waals surface area contributed by atoms with Crippen LogP contribution in [0.1, 0.15) is 50.4 Å². The van der Waals surface area contributed by atoms with Crippen molar-refractivity contribution >= 4 is 17.5 Å². The molecule has 0 bridgehead atoms. The molecule has 0 aliphatic carbocycles. The van der Waals surface area contributed by atoms with Gasteiger partial charge in [-0.1, -0.05) is 32.9 Å². The van der Waals surface area contributed by atoms with Crippen molar-refractivity contribution < 1.29 is 9.59 Å². The summed E-state index contributed by atoms with van der Waals surface area (Å²) in [6, 6.07) is 8.08. The Balaban J connectivity index is 2.04. The second-order valence-corrected chi connectivity index (χ2v) is 7.17. The van der Waals surface area contributed by atoms with Crippen LogP contribution in [-0.2, 0) is 4.79 Å². The maximum Gasteiger partial charge on any atom is 0.255 e. The fourth-order valence-corrected chi connectivity index (χ4v) is 3.21. The van der Waals surface area contributed by atoms with Gasteiger partial charge in [0.2, 0.25) is 5.91 Å². The van der Waals surface area contributed by atoms with Gasteiger partial charge in [0.25, 0.3) is 5.91 Å². The standard InChI is InChI=1S/C20H31N3O2/c1-5-12-22(4)20(25)17-8-6-7-9-18(17)23-13-10-16(11-14-23)21-19(24)15(2)3/h6-9,15-16H,5,10-14H2,1-4H3,(H,21,24). The van der Waals surface area contributed by atoms with Crippen LogP contribution in [0.2, 0.25) is 0 Å². The third-order valence-electron chi connectivity index (χ3n) is 4.75. The molecule has 5 nitrogen and oxygen atoms in total. The predicted molar refractivity (Wildman–Crippen MR) is 102 cm³/mol. The Morgan fingerprint density at radius 1 is 1.24 bits per heavy atom. The van der Waals surface area contributed by atoms with Crippen LogP contribution in [0.15, 0.2) is 24.3 Å². The van der Waals surface area contributed by atoms with Crippen molar-refractivity contribution in [3.8, 4) is 0 Å². The summed E-state index contributed by atoms with van der Waals surface area (Å²) in [6.07, 6.45) is 2.77. The molecule has 1 aliphatic heterocycles. The highest BCUT2D eigenvalue weighted by atomic mass is 16.2. The largest absolute Gasteiger partial charge is 0.371 e. The van der Waals surface area contributed by atoms with Crippen molar-refractivity contribution in [3.63, 3.8) is 0 Å². The number of hydrogen-bond acceptors (Lipinski definition) is 3. The van der Waals surface area contributed by atoms with E-state index in [9.17, 15) is 9.59 Å². The number of hydrogen-bond donors (Lipinski definition) is 1. The van der Waals surface area contributed by atoms with Crippen LogP contribution in [0, 0.1) is 5.92 Å². The molecular formula is C20H31N3O2. The molecule has 1 fully saturated rings. The van der Waals surface area contributed by atoms with E-state index in [0.717, 1.165) is 50.1 Å². The third kappa shape index (κ3) is 4.97. The number of carbonyl (C=O) groups excluding carboxylic acids is 2. The second-order valence-electron chi connectivity index (χ2n) is 7.17. The van der Waals surface area contributed by atoms with Crippen molar-refractivity contribution in [1.29, 1.82) is 0 Å². The van der Waals surface area contributed by atoms with Gasteiger partial charge in [0, 0.05) is 44.3 Å². The first-order valence-corrected chi connectivity index (χ1v) is 9.33. The zero-order valence-corrected chi connectivity index (χ0v) is 15.9. The molecule has 0 spiro atoms. The Morgan fingerprint density at radius 3 is 2.48 bits per heavy atom. The minimum Gasteiger partial charge on any atom is -0.371 e. The molecule has 1 aromatic carbocycles. The summed E-state index contributed by atoms with van der Waals surface area (Å²) < 4.78 is 0. The molecule has 0 saturated carbocycles. The Bertz CT molecular complexity index is 592. The molecule has 1 aliphatic rings. The number of nitrogens with one attached hydrogen (secondary N) is 1. The molecule has 138 valence electrons. The smallest absolute Gasteiger partial charge is 0.255 e. The van der Waals surface area contributed by atoms with Crippen LogP contribution in [0.25, 0.3) is 0 Å². The molecule has 1 saturated heterocycles. The first kappa shape index (κ1) is 19.3. The summed E-state index contributed by atoms with van der Waals surface area (Å²) in [7, 11) is 1.86. The Kier molecular flexibility index (Phi) is 6.85. The fraction of sp³-hybridized carbons (Fsp3) is 0.600. The van der Waals surface area contributed by atoms with Gasteiger partial charge in [-0.2, -0.15) is 0 Å². The first-order valence-electron chi connectivity index (χ1n) is 9.33. The zero-order chi connectivity index (χ0) is 18.4. The van der Waals surface area contributed by atoms with E-state index in [2.05, 4.69) is 17.1 Å². The van der Waals surface area contributed by atoms with Crippen molar-refractivity contribution in [1.82, 2.24) is 10.2 Å². The minimum absolute atomic E-state index is 0.0190. The number of carbonyl (C=O) groups is 2. The summed E-state index contributed by atoms with van der Waals surface area (Å²) in [6.45, 7) is 8.37. The monoisotopic (exact) mass is 345 g/mol. The molecular weight excluding hydrogens is 314 g/mol. The van der Waals surface area contributed by atoms with E-state index in [0.29, 0.717) is 0 Å². The average molecular weight is 345 g/mol. The lowest BCUT2D eigenvalue weighted by Crippen LogP contribution is -2.46. The summed E-state index contributed by atoms with van der Waals surface area (Å²) in [4.78, 5) is 28.6. The topological polar surface area (TPSA) is 52.7 Å². The van der Waals surface area contributed by atoms with Crippen LogP contribution in [0.5, 0.6) is 0 Å². The van der Waals surface area contributed by atoms with Crippen LogP contribution in [0.4, 0.5) is 5.69 Å². The molecule has 2 rings (SSSR count). The maximum absolute atomic E-state index is 12.7. The van der Waals surface area contributed by atoms with E-state index in [1.54, 1.807) is 4.90 Å². The van der Waals surface area contributed by atoms with Gasteiger partial charge in [0.05, 0.1) is 5.56 Å². The van der Waals surface area contributed by atoms with Crippen LogP contribution in [0.3, 0.4) is 0 Å². The average Bonchev–Trinajstić information content (AvgIpc) is 2.62. The molecule has 1 heterocycles. The van der Waals surface area contributed by atoms with E-state index in [4.69, 9.17) is 0 Å². The van der Waals surface area contributed by atoms with E-state index in [1.807, 2.05) is 45.2 Å². The molecule has 1 aromatic rings. The van der Waals surface area contributed by atoms with Gasteiger partial charge in [-0.25, -0.2) is 0 Å². The fourth-order valence-electron chi connectivity index (χ4n) is 3.21. The molecule has 1 N–H and O–H groups in total. The SMILES string of the molecule is CCCN(C)C(=O)c1ccccc1N1CCC(NC(=O)C(C)C)CC1. The van der Waals surface area contributed by atoms with E-state index < -0.39 is 0 Å². The van der Waals surface area contributed by atoms with Crippen molar-refractivity contribution in [3.05, 3.63) is 29.8 Å². The van der Waals surface area contributed by atoms with Crippen LogP contribution < -0.4 is 10.2 Å². The Hall–Kier alpha value is -2.04. The highest BCUT2D eigenvalue weighted by molar-refractivity contribution is 5.99. The summed E-state index contributed by atoms with van der Waals surface area (Å²) in [5.74, 6) is 0.216. The van der Waals surface area contributed by atoms with Gasteiger partial charge in [-0.05, 0) is 31.4 Å². The number of anilines is 1. The minimum atomic E-state index is 0.0190. The second kappa shape index (κ2) is 8.88. The normalized spacial score (nSPS) is 15.3. The lowest BCUT2D eigenvalue weighted by atomic mass is 10.0. The van der Waals surface area contributed by atoms with Gasteiger partial charge in [0.15, 0.2) is 0 Å². The summed E-state index contributed by atoms with van der Waals surface area (Å²) >= 11 is 0. The van der Waals surface area contributed by atoms with Crippen molar-refractivity contribution in [2.45, 2.75) is 46.1 Å². The number of piperidine rings is 1. The summed E-state index contributed by atoms with van der Waals surface area (Å²) in [5.41, 5.74) is 1.77. The molecule has 5 heteroatoms. The van der Waals surface area contributed by atoms with E-state index in [-0.39, 0.29) is 23.8 Å². The number of benzene rings is 1. The predicted octanol–water partition coefficient (Wildman–Crippen LogP) is 2.91. The zero-order valence-electron chi connectivity index (χ0n) is 15.9. The number of nitrogens with zero attached hydrogens (tertiary/aromatic N) is 2. The van der Waals surface area contributed by atoms with Gasteiger partial charge in [0.1, 0.15) is 0 Å². The quantitative estimate of drug-likeness (QED) is 0.862. The van der Waals surface area contributed by atoms with E-state index >= 15 is 0 Å².